The van der Waals surface area contributed by atoms with Crippen LogP contribution in [0.4, 0.5) is 0 Å². The summed E-state index contributed by atoms with van der Waals surface area (Å²) in [6.45, 7) is 1.54. The summed E-state index contributed by atoms with van der Waals surface area (Å²) in [7, 11) is 3.67. The molecule has 0 aliphatic rings. The zero-order chi connectivity index (χ0) is 10.4. The van der Waals surface area contributed by atoms with Gasteiger partial charge in [0.25, 0.3) is 0 Å². The monoisotopic (exact) mass is 196 g/mol. The first kappa shape index (κ1) is 10.7. The second-order valence-electron chi connectivity index (χ2n) is 3.17. The highest BCUT2D eigenvalue weighted by Crippen LogP contribution is 1.96. The fourth-order valence-corrected chi connectivity index (χ4v) is 1.08. The van der Waals surface area contributed by atoms with E-state index in [1.807, 2.05) is 7.05 Å². The maximum Gasteiger partial charge on any atom is 0.228 e. The number of nitrogens with one attached hydrogen (secondary N) is 2. The van der Waals surface area contributed by atoms with Crippen LogP contribution in [-0.4, -0.2) is 48.0 Å². The van der Waals surface area contributed by atoms with Crippen LogP contribution in [0.2, 0.25) is 0 Å². The Morgan fingerprint density at radius 3 is 3.07 bits per heavy atom. The largest absolute Gasteiger partial charge is 0.348 e. The molecule has 0 spiro atoms. The average Bonchev–Trinajstić information content (AvgIpc) is 2.66. The third-order valence-electron chi connectivity index (χ3n) is 2.02. The lowest BCUT2D eigenvalue weighted by molar-refractivity contribution is -0.129. The van der Waals surface area contributed by atoms with Gasteiger partial charge in [-0.2, -0.15) is 0 Å². The number of carbonyl (C=O) groups excluding carboxylic acids is 1. The molecular formula is C9H16N4O. The van der Waals surface area contributed by atoms with Crippen LogP contribution < -0.4 is 5.32 Å². The van der Waals surface area contributed by atoms with E-state index >= 15 is 0 Å². The number of rotatable bonds is 5. The first-order valence-corrected chi connectivity index (χ1v) is 4.60. The van der Waals surface area contributed by atoms with Crippen molar-refractivity contribution in [1.29, 1.82) is 0 Å². The van der Waals surface area contributed by atoms with Crippen LogP contribution in [-0.2, 0) is 11.2 Å². The molecule has 1 amide bonds. The van der Waals surface area contributed by atoms with Gasteiger partial charge >= 0.3 is 0 Å². The maximum absolute atomic E-state index is 11.6. The van der Waals surface area contributed by atoms with Crippen LogP contribution in [0.1, 0.15) is 5.69 Å². The number of H-pyrrole nitrogens is 1. The Labute approximate surface area is 83.5 Å². The highest BCUT2D eigenvalue weighted by atomic mass is 16.2. The summed E-state index contributed by atoms with van der Waals surface area (Å²) in [5.41, 5.74) is 0.853. The van der Waals surface area contributed by atoms with Crippen molar-refractivity contribution in [2.75, 3.05) is 27.2 Å². The van der Waals surface area contributed by atoms with Gasteiger partial charge in [0.1, 0.15) is 0 Å². The van der Waals surface area contributed by atoms with Crippen LogP contribution in [0.15, 0.2) is 12.5 Å². The van der Waals surface area contributed by atoms with Crippen LogP contribution in [0.25, 0.3) is 0 Å². The Morgan fingerprint density at radius 2 is 2.50 bits per heavy atom. The number of imidazole rings is 1. The van der Waals surface area contributed by atoms with Gasteiger partial charge in [0, 0.05) is 32.0 Å². The molecule has 5 nitrogen and oxygen atoms in total. The minimum Gasteiger partial charge on any atom is -0.348 e. The maximum atomic E-state index is 11.6. The molecule has 0 fully saturated rings. The van der Waals surface area contributed by atoms with Crippen molar-refractivity contribution in [3.8, 4) is 0 Å². The summed E-state index contributed by atoms with van der Waals surface area (Å²) in [5.74, 6) is 0.101. The van der Waals surface area contributed by atoms with E-state index in [1.54, 1.807) is 24.5 Å². The molecule has 78 valence electrons. The number of hydrogen-bond acceptors (Lipinski definition) is 3. The average molecular weight is 196 g/mol. The summed E-state index contributed by atoms with van der Waals surface area (Å²) in [6.07, 6.45) is 3.64. The van der Waals surface area contributed by atoms with E-state index in [2.05, 4.69) is 15.3 Å². The number of aromatic amines is 1. The Bertz CT molecular complexity index is 270. The highest BCUT2D eigenvalue weighted by Gasteiger charge is 2.09. The lowest BCUT2D eigenvalue weighted by Crippen LogP contribution is -2.33. The van der Waals surface area contributed by atoms with Crippen LogP contribution in [0.5, 0.6) is 0 Å². The van der Waals surface area contributed by atoms with Gasteiger partial charge < -0.3 is 15.2 Å². The zero-order valence-electron chi connectivity index (χ0n) is 8.58. The Balaban J connectivity index is 2.34. The number of nitrogens with zero attached hydrogens (tertiary/aromatic N) is 2. The van der Waals surface area contributed by atoms with E-state index in [0.717, 1.165) is 18.8 Å². The third-order valence-corrected chi connectivity index (χ3v) is 2.02. The highest BCUT2D eigenvalue weighted by molar-refractivity contribution is 5.77. The molecule has 2 N–H and O–H groups in total. The van der Waals surface area contributed by atoms with Gasteiger partial charge in [-0.05, 0) is 7.05 Å². The molecular weight excluding hydrogens is 180 g/mol. The first-order valence-electron chi connectivity index (χ1n) is 4.60. The zero-order valence-corrected chi connectivity index (χ0v) is 8.58. The second kappa shape index (κ2) is 5.39. The normalized spacial score (nSPS) is 10.1. The molecule has 5 heteroatoms. The van der Waals surface area contributed by atoms with Crippen molar-refractivity contribution in [3.05, 3.63) is 18.2 Å². The van der Waals surface area contributed by atoms with E-state index in [1.165, 1.54) is 0 Å². The van der Waals surface area contributed by atoms with Crippen molar-refractivity contribution in [2.24, 2.45) is 0 Å². The van der Waals surface area contributed by atoms with E-state index in [0.29, 0.717) is 6.42 Å². The minimum absolute atomic E-state index is 0.101. The van der Waals surface area contributed by atoms with Crippen molar-refractivity contribution < 1.29 is 4.79 Å². The molecule has 0 aliphatic heterocycles. The van der Waals surface area contributed by atoms with Gasteiger partial charge in [0.15, 0.2) is 0 Å². The molecule has 0 atom stereocenters. The molecule has 0 unspecified atom stereocenters. The number of aromatic nitrogens is 2. The molecule has 0 radical (unpaired) electrons. The van der Waals surface area contributed by atoms with E-state index in [9.17, 15) is 4.79 Å². The van der Waals surface area contributed by atoms with Crippen molar-refractivity contribution in [1.82, 2.24) is 20.2 Å². The van der Waals surface area contributed by atoms with E-state index in [-0.39, 0.29) is 5.91 Å². The predicted molar refractivity (Wildman–Crippen MR) is 53.9 cm³/mol. The van der Waals surface area contributed by atoms with Gasteiger partial charge in [0.2, 0.25) is 5.91 Å². The standard InChI is InChI=1S/C9H16N4O/c1-10-3-4-13(2)9(14)5-8-6-11-7-12-8/h6-7,10H,3-5H2,1-2H3,(H,11,12). The molecule has 14 heavy (non-hydrogen) atoms. The van der Waals surface area contributed by atoms with Crippen molar-refractivity contribution in [3.63, 3.8) is 0 Å². The van der Waals surface area contributed by atoms with Crippen molar-refractivity contribution >= 4 is 5.91 Å². The molecule has 0 saturated carbocycles. The first-order chi connectivity index (χ1) is 6.74. The second-order valence-corrected chi connectivity index (χ2v) is 3.17. The molecule has 0 aliphatic carbocycles. The Hall–Kier alpha value is -1.36. The number of carbonyl (C=O) groups is 1. The van der Waals surface area contributed by atoms with Gasteiger partial charge in [-0.1, -0.05) is 0 Å². The molecule has 0 bridgehead atoms. The summed E-state index contributed by atoms with van der Waals surface area (Å²) >= 11 is 0. The molecule has 1 heterocycles. The molecule has 1 rings (SSSR count). The number of amides is 1. The lowest BCUT2D eigenvalue weighted by atomic mass is 10.3. The molecule has 1 aromatic heterocycles. The summed E-state index contributed by atoms with van der Waals surface area (Å²) in [6, 6.07) is 0. The van der Waals surface area contributed by atoms with Gasteiger partial charge in [0.05, 0.1) is 12.7 Å². The minimum atomic E-state index is 0.101. The van der Waals surface area contributed by atoms with Crippen molar-refractivity contribution in [2.45, 2.75) is 6.42 Å². The summed E-state index contributed by atoms with van der Waals surface area (Å²) in [5, 5.41) is 3.00. The fourth-order valence-electron chi connectivity index (χ4n) is 1.08. The van der Waals surface area contributed by atoms with Crippen LogP contribution >= 0.6 is 0 Å². The Kier molecular flexibility index (Phi) is 4.12. The lowest BCUT2D eigenvalue weighted by Gasteiger charge is -2.16. The quantitative estimate of drug-likeness (QED) is 0.675. The number of hydrogen-bond donors (Lipinski definition) is 2. The Morgan fingerprint density at radius 1 is 1.71 bits per heavy atom. The van der Waals surface area contributed by atoms with Gasteiger partial charge in [-0.3, -0.25) is 4.79 Å². The van der Waals surface area contributed by atoms with Gasteiger partial charge in [-0.25, -0.2) is 4.98 Å². The third kappa shape index (κ3) is 3.18. The van der Waals surface area contributed by atoms with Crippen LogP contribution in [0, 0.1) is 0 Å². The SMILES string of the molecule is CNCCN(C)C(=O)Cc1cnc[nH]1. The number of likely N-dealkylation sites (N-methyl/N-ethyl adjacent to an activating group) is 2. The smallest absolute Gasteiger partial charge is 0.228 e. The van der Waals surface area contributed by atoms with Gasteiger partial charge in [-0.15, -0.1) is 0 Å². The molecule has 0 aromatic carbocycles. The van der Waals surface area contributed by atoms with E-state index < -0.39 is 0 Å². The van der Waals surface area contributed by atoms with E-state index in [4.69, 9.17) is 0 Å². The topological polar surface area (TPSA) is 61.0 Å². The molecule has 1 aromatic rings. The summed E-state index contributed by atoms with van der Waals surface area (Å²) in [4.78, 5) is 20.0. The molecule has 0 saturated heterocycles. The predicted octanol–water partition coefficient (Wildman–Crippen LogP) is -0.370. The fraction of sp³-hybridized carbons (Fsp3) is 0.556. The summed E-state index contributed by atoms with van der Waals surface area (Å²) < 4.78 is 0. The van der Waals surface area contributed by atoms with Crippen LogP contribution in [0.3, 0.4) is 0 Å².